The number of amides is 1. The maximum absolute atomic E-state index is 12.6. The maximum atomic E-state index is 12.6. The lowest BCUT2D eigenvalue weighted by Crippen LogP contribution is -2.46. The van der Waals surface area contributed by atoms with E-state index in [1.807, 2.05) is 25.1 Å². The van der Waals surface area contributed by atoms with E-state index in [-0.39, 0.29) is 30.3 Å². The van der Waals surface area contributed by atoms with Gasteiger partial charge in [-0.15, -0.1) is 0 Å². The number of likely N-dealkylation sites (N-methyl/N-ethyl adjacent to an activating group) is 1. The van der Waals surface area contributed by atoms with Crippen LogP contribution >= 0.6 is 0 Å². The van der Waals surface area contributed by atoms with E-state index in [4.69, 9.17) is 13.9 Å². The number of rotatable bonds is 5. The molecule has 2 atom stereocenters. The molecule has 1 aliphatic heterocycles. The second-order valence-electron chi connectivity index (χ2n) is 5.30. The van der Waals surface area contributed by atoms with Crippen molar-refractivity contribution >= 4 is 5.91 Å². The van der Waals surface area contributed by atoms with Crippen molar-refractivity contribution in [1.29, 1.82) is 0 Å². The summed E-state index contributed by atoms with van der Waals surface area (Å²) in [6.45, 7) is 2.89. The minimum Gasteiger partial charge on any atom is -0.426 e. The van der Waals surface area contributed by atoms with Gasteiger partial charge >= 0.3 is 0 Å². The van der Waals surface area contributed by atoms with E-state index in [0.717, 1.165) is 0 Å². The Bertz CT molecular complexity index is 654. The zero-order valence-electron chi connectivity index (χ0n) is 12.8. The number of ether oxygens (including phenoxy) is 2. The van der Waals surface area contributed by atoms with Gasteiger partial charge in [-0.25, -0.2) is 0 Å². The van der Waals surface area contributed by atoms with E-state index in [2.05, 4.69) is 0 Å². The summed E-state index contributed by atoms with van der Waals surface area (Å²) < 4.78 is 16.3. The molecule has 3 rings (SSSR count). The number of hydrogen-bond donors (Lipinski definition) is 1. The van der Waals surface area contributed by atoms with E-state index >= 15 is 0 Å². The van der Waals surface area contributed by atoms with Crippen LogP contribution in [0.2, 0.25) is 0 Å². The highest BCUT2D eigenvalue weighted by molar-refractivity contribution is 5.92. The summed E-state index contributed by atoms with van der Waals surface area (Å²) in [4.78, 5) is 14.1. The smallest absolute Gasteiger partial charge is 0.290 e. The summed E-state index contributed by atoms with van der Waals surface area (Å²) in [6.07, 6.45) is -0.672. The van der Waals surface area contributed by atoms with E-state index < -0.39 is 6.10 Å². The van der Waals surface area contributed by atoms with Gasteiger partial charge in [0.1, 0.15) is 5.75 Å². The van der Waals surface area contributed by atoms with Crippen LogP contribution in [-0.2, 0) is 4.74 Å². The van der Waals surface area contributed by atoms with Gasteiger partial charge in [-0.3, -0.25) is 4.79 Å². The Labute approximate surface area is 134 Å². The molecule has 2 aromatic rings. The van der Waals surface area contributed by atoms with Crippen molar-refractivity contribution in [3.05, 3.63) is 48.2 Å². The fraction of sp³-hybridized carbons (Fsp3) is 0.353. The number of aliphatic hydroxyl groups excluding tert-OH is 1. The lowest BCUT2D eigenvalue weighted by atomic mass is 10.1. The molecule has 0 aliphatic carbocycles. The molecule has 1 saturated heterocycles. The van der Waals surface area contributed by atoms with Crippen molar-refractivity contribution in [3.63, 3.8) is 0 Å². The van der Waals surface area contributed by atoms with Gasteiger partial charge in [-0.1, -0.05) is 18.2 Å². The van der Waals surface area contributed by atoms with Gasteiger partial charge in [0.05, 0.1) is 25.4 Å². The SMILES string of the molecule is CCN(C(=O)c1ccc(Oc2ccccc2)o1)C1COCC1O. The van der Waals surface area contributed by atoms with Crippen molar-refractivity contribution in [2.45, 2.75) is 19.1 Å². The molecule has 6 heteroatoms. The maximum Gasteiger partial charge on any atom is 0.290 e. The van der Waals surface area contributed by atoms with E-state index in [0.29, 0.717) is 18.9 Å². The highest BCUT2D eigenvalue weighted by Crippen LogP contribution is 2.25. The topological polar surface area (TPSA) is 72.1 Å². The number of benzene rings is 1. The molecule has 2 heterocycles. The van der Waals surface area contributed by atoms with Crippen LogP contribution in [0.15, 0.2) is 46.9 Å². The number of nitrogens with zero attached hydrogens (tertiary/aromatic N) is 1. The zero-order chi connectivity index (χ0) is 16.2. The van der Waals surface area contributed by atoms with Gasteiger partial charge in [0.2, 0.25) is 0 Å². The van der Waals surface area contributed by atoms with Gasteiger partial charge in [0, 0.05) is 12.6 Å². The first-order chi connectivity index (χ1) is 11.2. The summed E-state index contributed by atoms with van der Waals surface area (Å²) in [5.41, 5.74) is 0. The Balaban J connectivity index is 1.72. The number of carbonyl (C=O) groups excluding carboxylic acids is 1. The van der Waals surface area contributed by atoms with Crippen LogP contribution in [0.4, 0.5) is 0 Å². The van der Waals surface area contributed by atoms with Gasteiger partial charge in [0.15, 0.2) is 5.76 Å². The second kappa shape index (κ2) is 6.85. The quantitative estimate of drug-likeness (QED) is 0.916. The molecule has 23 heavy (non-hydrogen) atoms. The predicted molar refractivity (Wildman–Crippen MR) is 82.5 cm³/mol. The third kappa shape index (κ3) is 3.38. The monoisotopic (exact) mass is 317 g/mol. The molecule has 6 nitrogen and oxygen atoms in total. The molecular weight excluding hydrogens is 298 g/mol. The van der Waals surface area contributed by atoms with Crippen LogP contribution in [0.5, 0.6) is 11.7 Å². The molecular formula is C17H19NO5. The molecule has 1 amide bonds. The molecule has 0 saturated carbocycles. The largest absolute Gasteiger partial charge is 0.426 e. The van der Waals surface area contributed by atoms with Gasteiger partial charge in [-0.05, 0) is 25.1 Å². The molecule has 2 unspecified atom stereocenters. The fourth-order valence-corrected chi connectivity index (χ4v) is 2.59. The summed E-state index contributed by atoms with van der Waals surface area (Å²) in [5.74, 6) is 0.772. The standard InChI is InChI=1S/C17H19NO5/c1-2-18(13-10-21-11-14(13)19)17(20)15-8-9-16(23-15)22-12-6-4-3-5-7-12/h3-9,13-14,19H,2,10-11H2,1H3. The summed E-state index contributed by atoms with van der Waals surface area (Å²) in [7, 11) is 0. The van der Waals surface area contributed by atoms with Crippen LogP contribution in [-0.4, -0.2) is 47.8 Å². The Morgan fingerprint density at radius 2 is 2.04 bits per heavy atom. The average molecular weight is 317 g/mol. The number of para-hydroxylation sites is 1. The minimum absolute atomic E-state index is 0.178. The van der Waals surface area contributed by atoms with Crippen LogP contribution in [0.3, 0.4) is 0 Å². The number of hydrogen-bond acceptors (Lipinski definition) is 5. The first-order valence-corrected chi connectivity index (χ1v) is 7.58. The van der Waals surface area contributed by atoms with E-state index in [9.17, 15) is 9.90 Å². The minimum atomic E-state index is -0.672. The van der Waals surface area contributed by atoms with E-state index in [1.54, 1.807) is 29.2 Å². The van der Waals surface area contributed by atoms with Gasteiger partial charge in [-0.2, -0.15) is 0 Å². The Morgan fingerprint density at radius 1 is 1.26 bits per heavy atom. The summed E-state index contributed by atoms with van der Waals surface area (Å²) in [6, 6.07) is 12.0. The molecule has 122 valence electrons. The number of furan rings is 1. The zero-order valence-corrected chi connectivity index (χ0v) is 12.8. The molecule has 0 spiro atoms. The van der Waals surface area contributed by atoms with Crippen LogP contribution in [0.1, 0.15) is 17.5 Å². The molecule has 1 aliphatic rings. The molecule has 1 aromatic carbocycles. The van der Waals surface area contributed by atoms with E-state index in [1.165, 1.54) is 0 Å². The lowest BCUT2D eigenvalue weighted by molar-refractivity contribution is 0.0488. The van der Waals surface area contributed by atoms with Crippen molar-refractivity contribution in [3.8, 4) is 11.7 Å². The highest BCUT2D eigenvalue weighted by Gasteiger charge is 2.35. The van der Waals surface area contributed by atoms with Crippen molar-refractivity contribution in [2.75, 3.05) is 19.8 Å². The summed E-state index contributed by atoms with van der Waals surface area (Å²) in [5, 5.41) is 9.91. The van der Waals surface area contributed by atoms with Crippen LogP contribution < -0.4 is 4.74 Å². The van der Waals surface area contributed by atoms with Crippen molar-refractivity contribution < 1.29 is 23.8 Å². The third-order valence-corrected chi connectivity index (χ3v) is 3.78. The van der Waals surface area contributed by atoms with Crippen molar-refractivity contribution in [2.24, 2.45) is 0 Å². The molecule has 1 N–H and O–H groups in total. The Kier molecular flexibility index (Phi) is 4.64. The Hall–Kier alpha value is -2.31. The first-order valence-electron chi connectivity index (χ1n) is 7.58. The average Bonchev–Trinajstić information content (AvgIpc) is 3.19. The fourth-order valence-electron chi connectivity index (χ4n) is 2.59. The molecule has 0 bridgehead atoms. The Morgan fingerprint density at radius 3 is 2.70 bits per heavy atom. The normalized spacial score (nSPS) is 20.4. The van der Waals surface area contributed by atoms with Gasteiger partial charge < -0.3 is 23.9 Å². The van der Waals surface area contributed by atoms with Gasteiger partial charge in [0.25, 0.3) is 11.9 Å². The number of aliphatic hydroxyl groups is 1. The second-order valence-corrected chi connectivity index (χ2v) is 5.30. The molecule has 1 aromatic heterocycles. The van der Waals surface area contributed by atoms with Crippen LogP contribution in [0, 0.1) is 0 Å². The predicted octanol–water partition coefficient (Wildman–Crippen LogP) is 2.29. The first kappa shape index (κ1) is 15.6. The summed E-state index contributed by atoms with van der Waals surface area (Å²) >= 11 is 0. The highest BCUT2D eigenvalue weighted by atomic mass is 16.6. The third-order valence-electron chi connectivity index (χ3n) is 3.78. The lowest BCUT2D eigenvalue weighted by Gasteiger charge is -2.27. The van der Waals surface area contributed by atoms with Crippen molar-refractivity contribution in [1.82, 2.24) is 4.90 Å². The molecule has 0 radical (unpaired) electrons. The molecule has 1 fully saturated rings. The number of carbonyl (C=O) groups is 1. The van der Waals surface area contributed by atoms with Crippen LogP contribution in [0.25, 0.3) is 0 Å².